The van der Waals surface area contributed by atoms with Crippen molar-refractivity contribution >= 4 is 11.6 Å². The molecule has 0 aliphatic carbocycles. The summed E-state index contributed by atoms with van der Waals surface area (Å²) in [5, 5.41) is 0.259. The van der Waals surface area contributed by atoms with Crippen LogP contribution in [-0.4, -0.2) is 9.55 Å². The summed E-state index contributed by atoms with van der Waals surface area (Å²) < 4.78 is 1.70. The Kier molecular flexibility index (Phi) is 4.29. The molecule has 0 bridgehead atoms. The Hall–Kier alpha value is -1.61. The van der Waals surface area contributed by atoms with E-state index in [1.165, 1.54) is 17.2 Å². The smallest absolute Gasteiger partial charge is 0.255 e. The van der Waals surface area contributed by atoms with Gasteiger partial charge in [0, 0.05) is 12.0 Å². The summed E-state index contributed by atoms with van der Waals surface area (Å²) in [6, 6.07) is 7.61. The number of aromatic nitrogens is 2. The van der Waals surface area contributed by atoms with Crippen molar-refractivity contribution < 1.29 is 0 Å². The normalized spacial score (nSPS) is 11.1. The van der Waals surface area contributed by atoms with E-state index in [0.717, 1.165) is 11.4 Å². The molecule has 20 heavy (non-hydrogen) atoms. The number of aryl methyl sites for hydroxylation is 2. The van der Waals surface area contributed by atoms with Crippen molar-refractivity contribution in [3.63, 3.8) is 0 Å². The predicted molar refractivity (Wildman–Crippen MR) is 82.6 cm³/mol. The summed E-state index contributed by atoms with van der Waals surface area (Å²) in [6.07, 6.45) is 0. The molecule has 2 aromatic rings. The molecule has 0 fully saturated rings. The van der Waals surface area contributed by atoms with Crippen molar-refractivity contribution in [2.45, 2.75) is 40.2 Å². The minimum absolute atomic E-state index is 0.105. The summed E-state index contributed by atoms with van der Waals surface area (Å²) >= 11 is 5.89. The largest absolute Gasteiger partial charge is 0.292 e. The van der Waals surface area contributed by atoms with E-state index in [4.69, 9.17) is 11.6 Å². The van der Waals surface area contributed by atoms with Crippen LogP contribution in [0.5, 0.6) is 0 Å². The number of halogens is 1. The number of rotatable bonds is 3. The van der Waals surface area contributed by atoms with Gasteiger partial charge in [-0.15, -0.1) is 0 Å². The van der Waals surface area contributed by atoms with Crippen LogP contribution in [0.3, 0.4) is 0 Å². The summed E-state index contributed by atoms with van der Waals surface area (Å²) in [5.74, 6) is 0.869. The highest BCUT2D eigenvalue weighted by Gasteiger charge is 2.12. The Balaban J connectivity index is 2.47. The van der Waals surface area contributed by atoms with E-state index < -0.39 is 0 Å². The van der Waals surface area contributed by atoms with E-state index in [1.807, 2.05) is 19.9 Å². The van der Waals surface area contributed by atoms with Gasteiger partial charge in [0.15, 0.2) is 0 Å². The molecule has 0 atom stereocenters. The zero-order valence-electron chi connectivity index (χ0n) is 12.3. The molecule has 1 aromatic heterocycles. The molecule has 0 N–H and O–H groups in total. The molecule has 0 aliphatic heterocycles. The molecule has 0 saturated heterocycles. The number of nitrogens with zero attached hydrogens (tertiary/aromatic N) is 2. The van der Waals surface area contributed by atoms with Crippen LogP contribution < -0.4 is 5.56 Å². The fourth-order valence-electron chi connectivity index (χ4n) is 2.18. The highest BCUT2D eigenvalue weighted by Crippen LogP contribution is 2.16. The van der Waals surface area contributed by atoms with Gasteiger partial charge >= 0.3 is 0 Å². The van der Waals surface area contributed by atoms with Crippen LogP contribution in [0.4, 0.5) is 0 Å². The molecule has 2 rings (SSSR count). The fourth-order valence-corrected chi connectivity index (χ4v) is 2.36. The van der Waals surface area contributed by atoms with Crippen LogP contribution in [-0.2, 0) is 6.54 Å². The van der Waals surface area contributed by atoms with E-state index >= 15 is 0 Å². The lowest BCUT2D eigenvalue weighted by Gasteiger charge is -2.15. The lowest BCUT2D eigenvalue weighted by molar-refractivity contribution is 0.624. The standard InChI is InChI=1S/C16H19ClN2O/c1-10(2)16-18-14(17)8-15(20)19(16)9-13-6-5-11(3)12(4)7-13/h5-8,10H,9H2,1-4H3. The average Bonchev–Trinajstić information content (AvgIpc) is 2.36. The summed E-state index contributed by atoms with van der Waals surface area (Å²) in [4.78, 5) is 16.5. The van der Waals surface area contributed by atoms with Gasteiger partial charge in [-0.2, -0.15) is 0 Å². The maximum Gasteiger partial charge on any atom is 0.255 e. The van der Waals surface area contributed by atoms with Crippen LogP contribution in [0.15, 0.2) is 29.1 Å². The molecule has 106 valence electrons. The number of hydrogen-bond donors (Lipinski definition) is 0. The van der Waals surface area contributed by atoms with E-state index in [-0.39, 0.29) is 16.6 Å². The molecule has 0 amide bonds. The summed E-state index contributed by atoms with van der Waals surface area (Å²) in [5.41, 5.74) is 3.47. The van der Waals surface area contributed by atoms with Crippen LogP contribution in [0.25, 0.3) is 0 Å². The predicted octanol–water partition coefficient (Wildman–Crippen LogP) is 3.69. The zero-order chi connectivity index (χ0) is 14.9. The van der Waals surface area contributed by atoms with E-state index in [0.29, 0.717) is 6.54 Å². The van der Waals surface area contributed by atoms with E-state index in [2.05, 4.69) is 31.0 Å². The molecule has 0 radical (unpaired) electrons. The first-order chi connectivity index (χ1) is 9.38. The van der Waals surface area contributed by atoms with Crippen LogP contribution >= 0.6 is 11.6 Å². The second-order valence-electron chi connectivity index (χ2n) is 5.43. The van der Waals surface area contributed by atoms with Crippen molar-refractivity contribution in [1.29, 1.82) is 0 Å². The molecule has 0 saturated carbocycles. The molecule has 4 heteroatoms. The molecule has 1 aromatic carbocycles. The Morgan fingerprint density at radius 3 is 2.50 bits per heavy atom. The minimum Gasteiger partial charge on any atom is -0.292 e. The average molecular weight is 291 g/mol. The third kappa shape index (κ3) is 3.10. The lowest BCUT2D eigenvalue weighted by Crippen LogP contribution is -2.25. The van der Waals surface area contributed by atoms with Crippen molar-refractivity contribution in [3.8, 4) is 0 Å². The van der Waals surface area contributed by atoms with E-state index in [1.54, 1.807) is 4.57 Å². The zero-order valence-corrected chi connectivity index (χ0v) is 13.0. The summed E-state index contributed by atoms with van der Waals surface area (Å²) in [6.45, 7) is 8.70. The van der Waals surface area contributed by atoms with Gasteiger partial charge in [0.1, 0.15) is 11.0 Å². The highest BCUT2D eigenvalue weighted by molar-refractivity contribution is 6.29. The molecular weight excluding hydrogens is 272 g/mol. The first kappa shape index (κ1) is 14.8. The van der Waals surface area contributed by atoms with Gasteiger partial charge in [-0.05, 0) is 30.5 Å². The Morgan fingerprint density at radius 2 is 1.90 bits per heavy atom. The molecule has 0 unspecified atom stereocenters. The number of benzene rings is 1. The fraction of sp³-hybridized carbons (Fsp3) is 0.375. The Morgan fingerprint density at radius 1 is 1.20 bits per heavy atom. The van der Waals surface area contributed by atoms with Crippen molar-refractivity contribution in [1.82, 2.24) is 9.55 Å². The van der Waals surface area contributed by atoms with Gasteiger partial charge < -0.3 is 0 Å². The summed E-state index contributed by atoms with van der Waals surface area (Å²) in [7, 11) is 0. The van der Waals surface area contributed by atoms with Gasteiger partial charge in [-0.25, -0.2) is 4.98 Å². The van der Waals surface area contributed by atoms with Gasteiger partial charge in [0.2, 0.25) is 0 Å². The first-order valence-electron chi connectivity index (χ1n) is 6.72. The SMILES string of the molecule is Cc1ccc(Cn2c(C(C)C)nc(Cl)cc2=O)cc1C. The second-order valence-corrected chi connectivity index (χ2v) is 5.82. The lowest BCUT2D eigenvalue weighted by atomic mass is 10.1. The third-order valence-electron chi connectivity index (χ3n) is 3.43. The maximum absolute atomic E-state index is 12.2. The van der Waals surface area contributed by atoms with Crippen LogP contribution in [0, 0.1) is 13.8 Å². The monoisotopic (exact) mass is 290 g/mol. The maximum atomic E-state index is 12.2. The molecule has 1 heterocycles. The van der Waals surface area contributed by atoms with Crippen LogP contribution in [0.2, 0.25) is 5.15 Å². The highest BCUT2D eigenvalue weighted by atomic mass is 35.5. The number of hydrogen-bond acceptors (Lipinski definition) is 2. The Labute approximate surface area is 124 Å². The van der Waals surface area contributed by atoms with Crippen molar-refractivity contribution in [3.05, 3.63) is 62.3 Å². The topological polar surface area (TPSA) is 34.9 Å². The van der Waals surface area contributed by atoms with E-state index in [9.17, 15) is 4.79 Å². The van der Waals surface area contributed by atoms with Gasteiger partial charge in [-0.3, -0.25) is 9.36 Å². The van der Waals surface area contributed by atoms with Crippen molar-refractivity contribution in [2.75, 3.05) is 0 Å². The third-order valence-corrected chi connectivity index (χ3v) is 3.63. The second kappa shape index (κ2) is 5.80. The van der Waals surface area contributed by atoms with Gasteiger partial charge in [-0.1, -0.05) is 43.6 Å². The van der Waals surface area contributed by atoms with Crippen molar-refractivity contribution in [2.24, 2.45) is 0 Å². The Bertz CT molecular complexity index is 689. The molecule has 3 nitrogen and oxygen atoms in total. The first-order valence-corrected chi connectivity index (χ1v) is 7.09. The molecule has 0 spiro atoms. The van der Waals surface area contributed by atoms with Crippen LogP contribution in [0.1, 0.15) is 42.3 Å². The molecular formula is C16H19ClN2O. The minimum atomic E-state index is -0.105. The molecule has 0 aliphatic rings. The quantitative estimate of drug-likeness (QED) is 0.808. The van der Waals surface area contributed by atoms with Gasteiger partial charge in [0.25, 0.3) is 5.56 Å². The van der Waals surface area contributed by atoms with Gasteiger partial charge in [0.05, 0.1) is 6.54 Å².